The average Bonchev–Trinajstić information content (AvgIpc) is 3.30. The summed E-state index contributed by atoms with van der Waals surface area (Å²) < 4.78 is 0. The predicted molar refractivity (Wildman–Crippen MR) is 80.9 cm³/mol. The van der Waals surface area contributed by atoms with Crippen LogP contribution in [0.2, 0.25) is 0 Å². The van der Waals surface area contributed by atoms with E-state index < -0.39 is 0 Å². The van der Waals surface area contributed by atoms with Gasteiger partial charge in [0.25, 0.3) is 0 Å². The molecule has 0 amide bonds. The first-order chi connectivity index (χ1) is 9.61. The zero-order valence-electron chi connectivity index (χ0n) is 12.2. The van der Waals surface area contributed by atoms with Crippen LogP contribution in [-0.2, 0) is 6.54 Å². The Bertz CT molecular complexity index is 471. The Hall–Kier alpha value is -1.59. The maximum Gasteiger partial charge on any atom is 0.170 e. The van der Waals surface area contributed by atoms with Crippen molar-refractivity contribution in [2.24, 2.45) is 10.9 Å². The van der Waals surface area contributed by atoms with Crippen molar-refractivity contribution in [3.05, 3.63) is 35.4 Å². The summed E-state index contributed by atoms with van der Waals surface area (Å²) in [4.78, 5) is 2.44. The van der Waals surface area contributed by atoms with Gasteiger partial charge in [0.2, 0.25) is 0 Å². The Balaban J connectivity index is 1.81. The normalized spacial score (nSPS) is 17.4. The van der Waals surface area contributed by atoms with Gasteiger partial charge in [0, 0.05) is 30.7 Å². The van der Waals surface area contributed by atoms with E-state index in [0.717, 1.165) is 30.3 Å². The van der Waals surface area contributed by atoms with Gasteiger partial charge in [-0.1, -0.05) is 23.4 Å². The first kappa shape index (κ1) is 14.8. The molecule has 0 radical (unpaired) electrons. The smallest absolute Gasteiger partial charge is 0.170 e. The molecule has 110 valence electrons. The molecular formula is C15H24N4O. The summed E-state index contributed by atoms with van der Waals surface area (Å²) in [6.07, 6.45) is 2.67. The fourth-order valence-corrected chi connectivity index (χ4v) is 2.31. The fraction of sp³-hybridized carbons (Fsp3) is 0.533. The number of nitrogens with two attached hydrogens (primary N) is 1. The molecule has 2 rings (SSSR count). The molecule has 1 aliphatic rings. The summed E-state index contributed by atoms with van der Waals surface area (Å²) in [6.45, 7) is 3.99. The van der Waals surface area contributed by atoms with E-state index in [1.807, 2.05) is 24.3 Å². The average molecular weight is 276 g/mol. The van der Waals surface area contributed by atoms with E-state index in [9.17, 15) is 0 Å². The highest BCUT2D eigenvalue weighted by atomic mass is 16.4. The van der Waals surface area contributed by atoms with Gasteiger partial charge in [-0.15, -0.1) is 0 Å². The van der Waals surface area contributed by atoms with Gasteiger partial charge in [-0.2, -0.15) is 0 Å². The molecule has 0 bridgehead atoms. The van der Waals surface area contributed by atoms with Gasteiger partial charge in [-0.05, 0) is 38.4 Å². The molecule has 1 saturated carbocycles. The van der Waals surface area contributed by atoms with Crippen molar-refractivity contribution in [1.82, 2.24) is 10.2 Å². The lowest BCUT2D eigenvalue weighted by Crippen LogP contribution is -2.38. The second-order valence-corrected chi connectivity index (χ2v) is 5.56. The largest absolute Gasteiger partial charge is 0.409 e. The van der Waals surface area contributed by atoms with Crippen LogP contribution in [0.1, 0.15) is 30.9 Å². The summed E-state index contributed by atoms with van der Waals surface area (Å²) in [6, 6.07) is 9.06. The molecule has 0 aromatic heterocycles. The highest BCUT2D eigenvalue weighted by molar-refractivity contribution is 5.97. The van der Waals surface area contributed by atoms with Crippen molar-refractivity contribution >= 4 is 5.84 Å². The van der Waals surface area contributed by atoms with E-state index in [0.29, 0.717) is 6.04 Å². The molecule has 0 aliphatic heterocycles. The van der Waals surface area contributed by atoms with Gasteiger partial charge in [0.1, 0.15) is 0 Å². The highest BCUT2D eigenvalue weighted by Crippen LogP contribution is 2.26. The Morgan fingerprint density at radius 1 is 1.55 bits per heavy atom. The van der Waals surface area contributed by atoms with E-state index in [1.54, 1.807) is 0 Å². The van der Waals surface area contributed by atoms with E-state index in [4.69, 9.17) is 10.9 Å². The Kier molecular flexibility index (Phi) is 4.98. The van der Waals surface area contributed by atoms with E-state index in [1.165, 1.54) is 12.8 Å². The first-order valence-corrected chi connectivity index (χ1v) is 7.11. The van der Waals surface area contributed by atoms with Crippen molar-refractivity contribution in [2.45, 2.75) is 38.4 Å². The number of hydrogen-bond acceptors (Lipinski definition) is 4. The number of nitrogens with one attached hydrogen (secondary N) is 1. The van der Waals surface area contributed by atoms with Crippen LogP contribution in [0.15, 0.2) is 29.4 Å². The molecule has 0 saturated heterocycles. The standard InChI is InChI=1S/C15H24N4O/c1-11(19(2)14-6-7-14)9-17-10-12-4-3-5-13(8-12)15(16)18-20/h3-5,8,11,14,17,20H,6-7,9-10H2,1-2H3,(H2,16,18). The number of benzene rings is 1. The lowest BCUT2D eigenvalue weighted by atomic mass is 10.1. The Labute approximate surface area is 120 Å². The lowest BCUT2D eigenvalue weighted by Gasteiger charge is -2.24. The van der Waals surface area contributed by atoms with E-state index >= 15 is 0 Å². The zero-order chi connectivity index (χ0) is 14.5. The molecule has 1 unspecified atom stereocenters. The zero-order valence-corrected chi connectivity index (χ0v) is 12.2. The minimum atomic E-state index is 0.147. The molecule has 1 aliphatic carbocycles. The van der Waals surface area contributed by atoms with E-state index in [-0.39, 0.29) is 5.84 Å². The second kappa shape index (κ2) is 6.72. The summed E-state index contributed by atoms with van der Waals surface area (Å²) >= 11 is 0. The SMILES string of the molecule is CC(CNCc1cccc(/C(N)=N/O)c1)N(C)C1CC1. The van der Waals surface area contributed by atoms with Crippen molar-refractivity contribution in [3.8, 4) is 0 Å². The first-order valence-electron chi connectivity index (χ1n) is 7.11. The number of hydrogen-bond donors (Lipinski definition) is 3. The molecular weight excluding hydrogens is 252 g/mol. The van der Waals surface area contributed by atoms with Crippen molar-refractivity contribution in [1.29, 1.82) is 0 Å². The van der Waals surface area contributed by atoms with Gasteiger partial charge in [0.15, 0.2) is 5.84 Å². The summed E-state index contributed by atoms with van der Waals surface area (Å²) in [5.41, 5.74) is 7.47. The van der Waals surface area contributed by atoms with Gasteiger partial charge >= 0.3 is 0 Å². The van der Waals surface area contributed by atoms with Gasteiger partial charge < -0.3 is 16.3 Å². The number of rotatable bonds is 7. The van der Waals surface area contributed by atoms with Crippen LogP contribution in [0.3, 0.4) is 0 Å². The maximum atomic E-state index is 8.69. The molecule has 0 spiro atoms. The quantitative estimate of drug-likeness (QED) is 0.304. The molecule has 1 atom stereocenters. The Morgan fingerprint density at radius 3 is 2.95 bits per heavy atom. The molecule has 0 heterocycles. The molecule has 5 nitrogen and oxygen atoms in total. The van der Waals surface area contributed by atoms with E-state index in [2.05, 4.69) is 29.3 Å². The fourth-order valence-electron chi connectivity index (χ4n) is 2.31. The third-order valence-electron chi connectivity index (χ3n) is 3.92. The van der Waals surface area contributed by atoms with Crippen molar-refractivity contribution in [3.63, 3.8) is 0 Å². The van der Waals surface area contributed by atoms with Crippen molar-refractivity contribution in [2.75, 3.05) is 13.6 Å². The van der Waals surface area contributed by atoms with Crippen LogP contribution < -0.4 is 11.1 Å². The predicted octanol–water partition coefficient (Wildman–Crippen LogP) is 1.35. The molecule has 1 fully saturated rings. The van der Waals surface area contributed by atoms with Crippen LogP contribution in [0, 0.1) is 0 Å². The molecule has 20 heavy (non-hydrogen) atoms. The van der Waals surface area contributed by atoms with Crippen LogP contribution in [0.25, 0.3) is 0 Å². The number of likely N-dealkylation sites (N-methyl/N-ethyl adjacent to an activating group) is 1. The number of oxime groups is 1. The van der Waals surface area contributed by atoms with Crippen LogP contribution in [0.4, 0.5) is 0 Å². The number of nitrogens with zero attached hydrogens (tertiary/aromatic N) is 2. The Morgan fingerprint density at radius 2 is 2.30 bits per heavy atom. The highest BCUT2D eigenvalue weighted by Gasteiger charge is 2.28. The van der Waals surface area contributed by atoms with Crippen LogP contribution in [0.5, 0.6) is 0 Å². The third kappa shape index (κ3) is 3.95. The maximum absolute atomic E-state index is 8.69. The van der Waals surface area contributed by atoms with Gasteiger partial charge in [-0.3, -0.25) is 4.90 Å². The molecule has 1 aromatic rings. The lowest BCUT2D eigenvalue weighted by molar-refractivity contribution is 0.241. The molecule has 5 heteroatoms. The topological polar surface area (TPSA) is 73.9 Å². The summed E-state index contributed by atoms with van der Waals surface area (Å²) in [5, 5.41) is 15.2. The minimum Gasteiger partial charge on any atom is -0.409 e. The minimum absolute atomic E-state index is 0.147. The number of amidine groups is 1. The van der Waals surface area contributed by atoms with Crippen LogP contribution in [-0.4, -0.2) is 41.6 Å². The monoisotopic (exact) mass is 276 g/mol. The van der Waals surface area contributed by atoms with Crippen LogP contribution >= 0.6 is 0 Å². The van der Waals surface area contributed by atoms with Gasteiger partial charge in [0.05, 0.1) is 0 Å². The third-order valence-corrected chi connectivity index (χ3v) is 3.92. The summed E-state index contributed by atoms with van der Waals surface area (Å²) in [7, 11) is 2.20. The molecule has 4 N–H and O–H groups in total. The molecule has 1 aromatic carbocycles. The summed E-state index contributed by atoms with van der Waals surface area (Å²) in [5.74, 6) is 0.147. The van der Waals surface area contributed by atoms with Crippen molar-refractivity contribution < 1.29 is 5.21 Å². The van der Waals surface area contributed by atoms with Gasteiger partial charge in [-0.25, -0.2) is 0 Å². The second-order valence-electron chi connectivity index (χ2n) is 5.56.